The molecule has 2 heterocycles. The van der Waals surface area contributed by atoms with Crippen LogP contribution >= 0.6 is 24.0 Å². The van der Waals surface area contributed by atoms with E-state index in [1.807, 2.05) is 26.1 Å². The van der Waals surface area contributed by atoms with Gasteiger partial charge in [-0.3, -0.25) is 9.58 Å². The minimum atomic E-state index is -0.189. The van der Waals surface area contributed by atoms with Gasteiger partial charge in [-0.15, -0.1) is 24.0 Å². The number of guanidine groups is 1. The quantitative estimate of drug-likeness (QED) is 0.330. The van der Waals surface area contributed by atoms with Gasteiger partial charge in [0.25, 0.3) is 0 Å². The largest absolute Gasteiger partial charge is 0.369 e. The summed E-state index contributed by atoms with van der Waals surface area (Å²) in [5.74, 6) is 1.43. The number of aromatic nitrogens is 3. The molecule has 1 fully saturated rings. The highest BCUT2D eigenvalue weighted by Crippen LogP contribution is 2.16. The van der Waals surface area contributed by atoms with Gasteiger partial charge in [-0.1, -0.05) is 0 Å². The summed E-state index contributed by atoms with van der Waals surface area (Å²) in [6.07, 6.45) is 1.54. The van der Waals surface area contributed by atoms with E-state index in [0.717, 1.165) is 63.3 Å². The second kappa shape index (κ2) is 11.9. The third-order valence-electron chi connectivity index (χ3n) is 4.81. The maximum atomic E-state index is 13.1. The third-order valence-corrected chi connectivity index (χ3v) is 4.81. The number of aryl methyl sites for hydroxylation is 1. The Morgan fingerprint density at radius 1 is 1.14 bits per heavy atom. The minimum Gasteiger partial charge on any atom is -0.369 e. The monoisotopic (exact) mass is 516 g/mol. The molecule has 1 saturated heterocycles. The molecule has 8 nitrogen and oxygen atoms in total. The minimum absolute atomic E-state index is 0. The first-order valence-electron chi connectivity index (χ1n) is 9.73. The third kappa shape index (κ3) is 7.11. The van der Waals surface area contributed by atoms with Gasteiger partial charge < -0.3 is 15.5 Å². The van der Waals surface area contributed by atoms with Gasteiger partial charge in [0.15, 0.2) is 5.96 Å². The van der Waals surface area contributed by atoms with Crippen LogP contribution in [0.25, 0.3) is 0 Å². The lowest BCUT2D eigenvalue weighted by Crippen LogP contribution is -2.49. The van der Waals surface area contributed by atoms with Gasteiger partial charge in [0.2, 0.25) is 0 Å². The van der Waals surface area contributed by atoms with Crippen LogP contribution in [0.2, 0.25) is 0 Å². The van der Waals surface area contributed by atoms with Crippen LogP contribution in [0.1, 0.15) is 12.7 Å². The van der Waals surface area contributed by atoms with Crippen LogP contribution in [0.15, 0.2) is 35.6 Å². The molecule has 0 saturated carbocycles. The van der Waals surface area contributed by atoms with Crippen molar-refractivity contribution in [3.8, 4) is 0 Å². The number of anilines is 1. The second-order valence-corrected chi connectivity index (χ2v) is 6.73. The number of hydrogen-bond donors (Lipinski definition) is 2. The molecule has 160 valence electrons. The summed E-state index contributed by atoms with van der Waals surface area (Å²) in [5, 5.41) is 10.7. The summed E-state index contributed by atoms with van der Waals surface area (Å²) in [7, 11) is 1.86. The predicted molar refractivity (Wildman–Crippen MR) is 124 cm³/mol. The average molecular weight is 516 g/mol. The molecule has 1 aliphatic rings. The number of benzene rings is 1. The smallest absolute Gasteiger partial charge is 0.191 e. The molecule has 0 radical (unpaired) electrons. The summed E-state index contributed by atoms with van der Waals surface area (Å²) in [4.78, 5) is 13.5. The summed E-state index contributed by atoms with van der Waals surface area (Å²) in [6.45, 7) is 9.00. The zero-order chi connectivity index (χ0) is 19.8. The van der Waals surface area contributed by atoms with Crippen LogP contribution in [0.3, 0.4) is 0 Å². The summed E-state index contributed by atoms with van der Waals surface area (Å²) in [5.41, 5.74) is 1.09. The van der Waals surface area contributed by atoms with Crippen molar-refractivity contribution in [2.75, 3.05) is 50.7 Å². The molecule has 2 N–H and O–H groups in total. The van der Waals surface area contributed by atoms with Crippen LogP contribution in [-0.4, -0.2) is 71.4 Å². The highest BCUT2D eigenvalue weighted by atomic mass is 127. The van der Waals surface area contributed by atoms with Crippen LogP contribution in [0, 0.1) is 5.82 Å². The number of rotatable bonds is 7. The fourth-order valence-corrected chi connectivity index (χ4v) is 3.17. The predicted octanol–water partition coefficient (Wildman–Crippen LogP) is 1.45. The Morgan fingerprint density at radius 3 is 2.48 bits per heavy atom. The average Bonchev–Trinajstić information content (AvgIpc) is 3.12. The maximum absolute atomic E-state index is 13.1. The van der Waals surface area contributed by atoms with E-state index < -0.39 is 0 Å². The number of halogens is 2. The normalized spacial score (nSPS) is 15.1. The van der Waals surface area contributed by atoms with Crippen LogP contribution < -0.4 is 15.5 Å². The molecule has 1 aromatic carbocycles. The second-order valence-electron chi connectivity index (χ2n) is 6.73. The van der Waals surface area contributed by atoms with Gasteiger partial charge in [-0.25, -0.2) is 14.4 Å². The zero-order valence-electron chi connectivity index (χ0n) is 17.0. The summed E-state index contributed by atoms with van der Waals surface area (Å²) in [6, 6.07) is 6.74. The van der Waals surface area contributed by atoms with Gasteiger partial charge in [0.05, 0.1) is 0 Å². The van der Waals surface area contributed by atoms with Crippen LogP contribution in [0.5, 0.6) is 0 Å². The fraction of sp³-hybridized carbons (Fsp3) is 0.526. The van der Waals surface area contributed by atoms with E-state index in [-0.39, 0.29) is 29.8 Å². The molecule has 3 rings (SSSR count). The van der Waals surface area contributed by atoms with Gasteiger partial charge in [0, 0.05) is 58.5 Å². The SMILES string of the molecule is CCNC(=NCc1ncnn1C)NCCN1CCN(c2ccc(F)cc2)CC1.I. The number of hydrogen-bond acceptors (Lipinski definition) is 5. The van der Waals surface area contributed by atoms with E-state index in [2.05, 4.69) is 35.5 Å². The van der Waals surface area contributed by atoms with Crippen LogP contribution in [0.4, 0.5) is 10.1 Å². The van der Waals surface area contributed by atoms with Crippen molar-refractivity contribution in [2.24, 2.45) is 12.0 Å². The van der Waals surface area contributed by atoms with Gasteiger partial charge >= 0.3 is 0 Å². The van der Waals surface area contributed by atoms with Gasteiger partial charge in [0.1, 0.15) is 24.5 Å². The Labute approximate surface area is 188 Å². The molecule has 0 unspecified atom stereocenters. The van der Waals surface area contributed by atoms with Crippen molar-refractivity contribution in [1.82, 2.24) is 30.3 Å². The van der Waals surface area contributed by atoms with Crippen molar-refractivity contribution in [2.45, 2.75) is 13.5 Å². The summed E-state index contributed by atoms with van der Waals surface area (Å²) >= 11 is 0. The highest BCUT2D eigenvalue weighted by molar-refractivity contribution is 14.0. The van der Waals surface area contributed by atoms with Crippen molar-refractivity contribution in [3.63, 3.8) is 0 Å². The van der Waals surface area contributed by atoms with Crippen molar-refractivity contribution in [3.05, 3.63) is 42.2 Å². The number of nitrogens with one attached hydrogen (secondary N) is 2. The molecule has 29 heavy (non-hydrogen) atoms. The molecule has 0 spiro atoms. The standard InChI is InChI=1S/C19H29FN8.HI/c1-3-21-19(23-14-18-24-15-25-26(18)2)22-8-9-27-10-12-28(13-11-27)17-6-4-16(20)5-7-17;/h4-7,15H,3,8-14H2,1-2H3,(H2,21,22,23);1H. The Hall–Kier alpha value is -1.95. The molecule has 1 aromatic heterocycles. The molecule has 2 aromatic rings. The van der Waals surface area contributed by atoms with E-state index in [1.165, 1.54) is 18.5 Å². The molecule has 0 atom stereocenters. The van der Waals surface area contributed by atoms with Gasteiger partial charge in [-0.05, 0) is 31.2 Å². The molecule has 10 heteroatoms. The van der Waals surface area contributed by atoms with E-state index in [1.54, 1.807) is 4.68 Å². The molecular weight excluding hydrogens is 486 g/mol. The van der Waals surface area contributed by atoms with Crippen molar-refractivity contribution in [1.29, 1.82) is 0 Å². The zero-order valence-corrected chi connectivity index (χ0v) is 19.3. The Kier molecular flexibility index (Phi) is 9.58. The first kappa shape index (κ1) is 23.3. The molecule has 0 aliphatic carbocycles. The van der Waals surface area contributed by atoms with Crippen LogP contribution in [-0.2, 0) is 13.6 Å². The van der Waals surface area contributed by atoms with E-state index >= 15 is 0 Å². The maximum Gasteiger partial charge on any atom is 0.191 e. The van der Waals surface area contributed by atoms with E-state index in [9.17, 15) is 4.39 Å². The first-order valence-corrected chi connectivity index (χ1v) is 9.73. The topological polar surface area (TPSA) is 73.6 Å². The van der Waals surface area contributed by atoms with Gasteiger partial charge in [-0.2, -0.15) is 5.10 Å². The lowest BCUT2D eigenvalue weighted by Gasteiger charge is -2.36. The number of nitrogens with zero attached hydrogens (tertiary/aromatic N) is 6. The molecular formula is C19H30FIN8. The molecule has 0 bridgehead atoms. The molecule has 1 aliphatic heterocycles. The van der Waals surface area contributed by atoms with Crippen molar-refractivity contribution < 1.29 is 4.39 Å². The number of aliphatic imine (C=N–C) groups is 1. The number of piperazine rings is 1. The van der Waals surface area contributed by atoms with E-state index in [0.29, 0.717) is 6.54 Å². The lowest BCUT2D eigenvalue weighted by molar-refractivity contribution is 0.261. The summed E-state index contributed by atoms with van der Waals surface area (Å²) < 4.78 is 14.8. The Bertz CT molecular complexity index is 756. The van der Waals surface area contributed by atoms with Crippen molar-refractivity contribution >= 4 is 35.6 Å². The lowest BCUT2D eigenvalue weighted by atomic mass is 10.2. The van der Waals surface area contributed by atoms with E-state index in [4.69, 9.17) is 0 Å². The Morgan fingerprint density at radius 2 is 1.86 bits per heavy atom. The first-order chi connectivity index (χ1) is 13.7. The Balaban J connectivity index is 0.00000300. The fourth-order valence-electron chi connectivity index (χ4n) is 3.17. The molecule has 0 amide bonds. The highest BCUT2D eigenvalue weighted by Gasteiger charge is 2.17.